The topological polar surface area (TPSA) is 52.5 Å². The summed E-state index contributed by atoms with van der Waals surface area (Å²) in [7, 11) is 0. The van der Waals surface area contributed by atoms with Gasteiger partial charge in [-0.2, -0.15) is 0 Å². The van der Waals surface area contributed by atoms with Crippen molar-refractivity contribution in [3.63, 3.8) is 0 Å². The highest BCUT2D eigenvalue weighted by molar-refractivity contribution is 5.39. The lowest BCUT2D eigenvalue weighted by Crippen LogP contribution is -2.40. The maximum atomic E-state index is 9.95. The van der Waals surface area contributed by atoms with Gasteiger partial charge in [-0.05, 0) is 24.3 Å². The molecule has 0 saturated carbocycles. The molecule has 0 aliphatic heterocycles. The van der Waals surface area contributed by atoms with Crippen molar-refractivity contribution in [1.82, 2.24) is 5.32 Å². The molecule has 0 bridgehead atoms. The summed E-state index contributed by atoms with van der Waals surface area (Å²) in [5.74, 6) is 0.363. The molecule has 3 nitrogen and oxygen atoms in total. The average Bonchev–Trinajstić information content (AvgIpc) is 2.28. The molecule has 3 N–H and O–H groups in total. The third-order valence-electron chi connectivity index (χ3n) is 3.32. The van der Waals surface area contributed by atoms with Crippen molar-refractivity contribution >= 4 is 0 Å². The zero-order valence-electron chi connectivity index (χ0n) is 11.8. The molecule has 0 saturated heterocycles. The number of para-hydroxylation sites is 1. The van der Waals surface area contributed by atoms with Gasteiger partial charge in [-0.1, -0.05) is 39.0 Å². The smallest absolute Gasteiger partial charge is 0.122 e. The van der Waals surface area contributed by atoms with E-state index >= 15 is 0 Å². The molecule has 0 radical (unpaired) electrons. The van der Waals surface area contributed by atoms with Crippen molar-refractivity contribution in [3.05, 3.63) is 29.3 Å². The average molecular weight is 251 g/mol. The van der Waals surface area contributed by atoms with Crippen LogP contribution in [0.5, 0.6) is 5.75 Å². The van der Waals surface area contributed by atoms with Crippen LogP contribution in [-0.2, 0) is 6.54 Å². The summed E-state index contributed by atoms with van der Waals surface area (Å²) in [4.78, 5) is 0. The predicted molar refractivity (Wildman–Crippen MR) is 74.6 cm³/mol. The molecule has 0 heterocycles. The Morgan fingerprint density at radius 3 is 2.50 bits per heavy atom. The molecule has 0 aliphatic carbocycles. The van der Waals surface area contributed by atoms with Gasteiger partial charge in [-0.15, -0.1) is 0 Å². The Labute approximate surface area is 110 Å². The zero-order chi connectivity index (χ0) is 13.8. The minimum absolute atomic E-state index is 0.0855. The lowest BCUT2D eigenvalue weighted by atomic mass is 9.85. The number of phenolic OH excluding ortho intramolecular Hbond substituents is 1. The molecule has 1 unspecified atom stereocenters. The molecular formula is C15H25NO2. The molecule has 1 aromatic carbocycles. The summed E-state index contributed by atoms with van der Waals surface area (Å²) in [6.45, 7) is 9.14. The van der Waals surface area contributed by atoms with Gasteiger partial charge in [0.2, 0.25) is 0 Å². The number of phenols is 1. The monoisotopic (exact) mass is 251 g/mol. The second-order valence-electron chi connectivity index (χ2n) is 5.89. The lowest BCUT2D eigenvalue weighted by molar-refractivity contribution is 0.196. The van der Waals surface area contributed by atoms with E-state index < -0.39 is 0 Å². The van der Waals surface area contributed by atoms with Crippen molar-refractivity contribution in [2.24, 2.45) is 5.41 Å². The van der Waals surface area contributed by atoms with Gasteiger partial charge in [-0.25, -0.2) is 0 Å². The first-order valence-electron chi connectivity index (χ1n) is 6.48. The first-order chi connectivity index (χ1) is 8.36. The molecule has 18 heavy (non-hydrogen) atoms. The first kappa shape index (κ1) is 15.0. The lowest BCUT2D eigenvalue weighted by Gasteiger charge is -2.31. The third kappa shape index (κ3) is 4.00. The van der Waals surface area contributed by atoms with Crippen molar-refractivity contribution < 1.29 is 10.2 Å². The van der Waals surface area contributed by atoms with Crippen LogP contribution in [0.2, 0.25) is 0 Å². The number of aliphatic hydroxyl groups is 1. The van der Waals surface area contributed by atoms with Gasteiger partial charge in [0.05, 0.1) is 0 Å². The molecule has 0 aliphatic rings. The van der Waals surface area contributed by atoms with E-state index in [9.17, 15) is 5.11 Å². The Morgan fingerprint density at radius 1 is 1.28 bits per heavy atom. The van der Waals surface area contributed by atoms with E-state index in [2.05, 4.69) is 26.1 Å². The van der Waals surface area contributed by atoms with Gasteiger partial charge < -0.3 is 15.5 Å². The number of hydrogen-bond acceptors (Lipinski definition) is 3. The van der Waals surface area contributed by atoms with Crippen LogP contribution in [0.4, 0.5) is 0 Å². The Bertz CT molecular complexity index is 383. The van der Waals surface area contributed by atoms with Gasteiger partial charge in [-0.3, -0.25) is 0 Å². The van der Waals surface area contributed by atoms with Gasteiger partial charge in [0.25, 0.3) is 0 Å². The van der Waals surface area contributed by atoms with Crippen LogP contribution in [0, 0.1) is 12.3 Å². The molecule has 1 atom stereocenters. The Morgan fingerprint density at radius 2 is 1.94 bits per heavy atom. The van der Waals surface area contributed by atoms with E-state index in [1.165, 1.54) is 0 Å². The molecule has 0 aromatic heterocycles. The number of aromatic hydroxyl groups is 1. The van der Waals surface area contributed by atoms with Crippen LogP contribution in [0.3, 0.4) is 0 Å². The highest BCUT2D eigenvalue weighted by atomic mass is 16.3. The van der Waals surface area contributed by atoms with E-state index in [1.807, 2.05) is 25.1 Å². The highest BCUT2D eigenvalue weighted by Gasteiger charge is 2.23. The van der Waals surface area contributed by atoms with Crippen LogP contribution < -0.4 is 5.32 Å². The van der Waals surface area contributed by atoms with Gasteiger partial charge in [0, 0.05) is 24.8 Å². The number of aliphatic hydroxyl groups excluding tert-OH is 1. The Hall–Kier alpha value is -1.06. The fraction of sp³-hybridized carbons (Fsp3) is 0.600. The fourth-order valence-corrected chi connectivity index (χ4v) is 2.07. The van der Waals surface area contributed by atoms with Crippen molar-refractivity contribution in [2.45, 2.75) is 46.7 Å². The first-order valence-corrected chi connectivity index (χ1v) is 6.48. The SMILES string of the molecule is Cc1cccc(CNC(CCO)C(C)(C)C)c1O. The van der Waals surface area contributed by atoms with Crippen LogP contribution in [-0.4, -0.2) is 22.9 Å². The van der Waals surface area contributed by atoms with Crippen molar-refractivity contribution in [1.29, 1.82) is 0 Å². The molecular weight excluding hydrogens is 226 g/mol. The maximum Gasteiger partial charge on any atom is 0.122 e. The number of rotatable bonds is 5. The van der Waals surface area contributed by atoms with Crippen LogP contribution in [0.15, 0.2) is 18.2 Å². The summed E-state index contributed by atoms with van der Waals surface area (Å²) >= 11 is 0. The minimum Gasteiger partial charge on any atom is -0.507 e. The van der Waals surface area contributed by atoms with Gasteiger partial charge in [0.15, 0.2) is 0 Å². The molecule has 0 fully saturated rings. The summed E-state index contributed by atoms with van der Waals surface area (Å²) in [6, 6.07) is 5.99. The Balaban J connectivity index is 2.70. The molecule has 102 valence electrons. The maximum absolute atomic E-state index is 9.95. The van der Waals surface area contributed by atoms with Crippen molar-refractivity contribution in [2.75, 3.05) is 6.61 Å². The van der Waals surface area contributed by atoms with Crippen LogP contribution in [0.25, 0.3) is 0 Å². The number of hydrogen-bond donors (Lipinski definition) is 3. The molecule has 1 rings (SSSR count). The van der Waals surface area contributed by atoms with E-state index in [-0.39, 0.29) is 18.1 Å². The standard InChI is InChI=1S/C15H25NO2/c1-11-6-5-7-12(14(11)18)10-16-13(8-9-17)15(2,3)4/h5-7,13,16-18H,8-10H2,1-4H3. The summed E-state index contributed by atoms with van der Waals surface area (Å²) in [5, 5.41) is 22.5. The molecule has 0 amide bonds. The van der Waals surface area contributed by atoms with E-state index in [0.717, 1.165) is 17.5 Å². The minimum atomic E-state index is 0.0855. The fourth-order valence-electron chi connectivity index (χ4n) is 2.07. The Kier molecular flexibility index (Phi) is 5.17. The summed E-state index contributed by atoms with van der Waals surface area (Å²) < 4.78 is 0. The highest BCUT2D eigenvalue weighted by Crippen LogP contribution is 2.24. The van der Waals surface area contributed by atoms with Crippen LogP contribution >= 0.6 is 0 Å². The van der Waals surface area contributed by atoms with Crippen LogP contribution in [0.1, 0.15) is 38.3 Å². The summed E-state index contributed by atoms with van der Waals surface area (Å²) in [5.41, 5.74) is 1.88. The van der Waals surface area contributed by atoms with E-state index in [4.69, 9.17) is 5.11 Å². The van der Waals surface area contributed by atoms with E-state index in [0.29, 0.717) is 12.3 Å². The predicted octanol–water partition coefficient (Wildman–Crippen LogP) is 2.59. The second-order valence-corrected chi connectivity index (χ2v) is 5.89. The quantitative estimate of drug-likeness (QED) is 0.754. The van der Waals surface area contributed by atoms with E-state index in [1.54, 1.807) is 0 Å². The normalized spacial score (nSPS) is 13.6. The summed E-state index contributed by atoms with van der Waals surface area (Å²) in [6.07, 6.45) is 0.718. The third-order valence-corrected chi connectivity index (χ3v) is 3.32. The molecule has 3 heteroatoms. The second kappa shape index (κ2) is 6.21. The van der Waals surface area contributed by atoms with Crippen molar-refractivity contribution in [3.8, 4) is 5.75 Å². The number of aryl methyl sites for hydroxylation is 1. The van der Waals surface area contributed by atoms with Gasteiger partial charge >= 0.3 is 0 Å². The molecule has 0 spiro atoms. The molecule has 1 aromatic rings. The number of benzene rings is 1. The number of nitrogens with one attached hydrogen (secondary N) is 1. The largest absolute Gasteiger partial charge is 0.507 e. The van der Waals surface area contributed by atoms with Gasteiger partial charge in [0.1, 0.15) is 5.75 Å². The zero-order valence-corrected chi connectivity index (χ0v) is 11.8.